The lowest BCUT2D eigenvalue weighted by atomic mass is 10.0. The molecule has 5 heteroatoms. The van der Waals surface area contributed by atoms with Gasteiger partial charge >= 0.3 is 0 Å². The van der Waals surface area contributed by atoms with E-state index in [1.807, 2.05) is 18.2 Å². The quantitative estimate of drug-likeness (QED) is 0.569. The van der Waals surface area contributed by atoms with Crippen LogP contribution in [0.1, 0.15) is 36.7 Å². The van der Waals surface area contributed by atoms with Crippen molar-refractivity contribution in [1.29, 1.82) is 0 Å². The first-order chi connectivity index (χ1) is 12.0. The Morgan fingerprint density at radius 3 is 2.40 bits per heavy atom. The zero-order valence-corrected chi connectivity index (χ0v) is 15.2. The summed E-state index contributed by atoms with van der Waals surface area (Å²) < 4.78 is 5.96. The molecule has 5 nitrogen and oxygen atoms in total. The molecule has 4 N–H and O–H groups in total. The van der Waals surface area contributed by atoms with Crippen LogP contribution in [0.15, 0.2) is 42.5 Å². The number of carbonyl (C=O) groups is 1. The van der Waals surface area contributed by atoms with E-state index in [1.54, 1.807) is 24.3 Å². The SMILES string of the molecule is CCN(CC)C(C)COc1ccccc1C(=O)c1ccc(N)c(N)c1. The van der Waals surface area contributed by atoms with Crippen LogP contribution in [0.4, 0.5) is 11.4 Å². The molecule has 25 heavy (non-hydrogen) atoms. The van der Waals surface area contributed by atoms with E-state index in [2.05, 4.69) is 25.7 Å². The number of nitrogens with two attached hydrogens (primary N) is 2. The number of benzene rings is 2. The van der Waals surface area contributed by atoms with E-state index in [1.165, 1.54) is 0 Å². The lowest BCUT2D eigenvalue weighted by Gasteiger charge is -2.26. The molecule has 0 fully saturated rings. The fraction of sp³-hybridized carbons (Fsp3) is 0.350. The third kappa shape index (κ3) is 4.51. The summed E-state index contributed by atoms with van der Waals surface area (Å²) in [5.41, 5.74) is 13.4. The van der Waals surface area contributed by atoms with Crippen LogP contribution in [0, 0.1) is 0 Å². The number of para-hydroxylation sites is 1. The fourth-order valence-corrected chi connectivity index (χ4v) is 2.81. The monoisotopic (exact) mass is 341 g/mol. The average molecular weight is 341 g/mol. The molecule has 0 aliphatic carbocycles. The number of nitrogen functional groups attached to an aromatic ring is 2. The van der Waals surface area contributed by atoms with E-state index in [-0.39, 0.29) is 11.8 Å². The maximum absolute atomic E-state index is 12.8. The number of ketones is 1. The van der Waals surface area contributed by atoms with Crippen LogP contribution in [0.3, 0.4) is 0 Å². The van der Waals surface area contributed by atoms with Gasteiger partial charge in [-0.05, 0) is 50.3 Å². The fourth-order valence-electron chi connectivity index (χ4n) is 2.81. The summed E-state index contributed by atoms with van der Waals surface area (Å²) in [5.74, 6) is 0.458. The number of hydrogen-bond donors (Lipinski definition) is 2. The van der Waals surface area contributed by atoms with Gasteiger partial charge in [0.05, 0.1) is 16.9 Å². The molecule has 0 heterocycles. The van der Waals surface area contributed by atoms with Crippen LogP contribution < -0.4 is 16.2 Å². The van der Waals surface area contributed by atoms with Gasteiger partial charge in [-0.25, -0.2) is 0 Å². The van der Waals surface area contributed by atoms with Gasteiger partial charge in [0.1, 0.15) is 12.4 Å². The number of carbonyl (C=O) groups excluding carboxylic acids is 1. The van der Waals surface area contributed by atoms with Gasteiger partial charge in [-0.2, -0.15) is 0 Å². The van der Waals surface area contributed by atoms with Gasteiger partial charge in [0.15, 0.2) is 5.78 Å². The molecule has 0 aromatic heterocycles. The second kappa shape index (κ2) is 8.53. The summed E-state index contributed by atoms with van der Waals surface area (Å²) in [6, 6.07) is 12.5. The second-order valence-corrected chi connectivity index (χ2v) is 6.05. The lowest BCUT2D eigenvalue weighted by molar-refractivity contribution is 0.103. The van der Waals surface area contributed by atoms with Crippen LogP contribution in [-0.2, 0) is 0 Å². The van der Waals surface area contributed by atoms with Crippen LogP contribution in [0.25, 0.3) is 0 Å². The maximum atomic E-state index is 12.8. The van der Waals surface area contributed by atoms with Gasteiger partial charge < -0.3 is 16.2 Å². The molecule has 1 atom stereocenters. The first-order valence-electron chi connectivity index (χ1n) is 8.63. The van der Waals surface area contributed by atoms with Crippen LogP contribution in [0.2, 0.25) is 0 Å². The van der Waals surface area contributed by atoms with Gasteiger partial charge in [-0.1, -0.05) is 26.0 Å². The highest BCUT2D eigenvalue weighted by Crippen LogP contribution is 2.24. The minimum atomic E-state index is -0.127. The Morgan fingerprint density at radius 1 is 1.08 bits per heavy atom. The van der Waals surface area contributed by atoms with Crippen molar-refractivity contribution in [2.45, 2.75) is 26.8 Å². The number of hydrogen-bond acceptors (Lipinski definition) is 5. The predicted molar refractivity (Wildman–Crippen MR) is 103 cm³/mol. The summed E-state index contributed by atoms with van der Waals surface area (Å²) in [6.07, 6.45) is 0. The molecular weight excluding hydrogens is 314 g/mol. The summed E-state index contributed by atoms with van der Waals surface area (Å²) in [7, 11) is 0. The summed E-state index contributed by atoms with van der Waals surface area (Å²) in [6.45, 7) is 8.83. The molecule has 0 bridgehead atoms. The standard InChI is InChI=1S/C20H27N3O2/c1-4-23(5-2)14(3)13-25-19-9-7-6-8-16(19)20(24)15-10-11-17(21)18(22)12-15/h6-12,14H,4-5,13,21-22H2,1-3H3. The van der Waals surface area contributed by atoms with E-state index in [0.29, 0.717) is 34.9 Å². The molecule has 2 rings (SSSR count). The summed E-state index contributed by atoms with van der Waals surface area (Å²) >= 11 is 0. The highest BCUT2D eigenvalue weighted by atomic mass is 16.5. The Morgan fingerprint density at radius 2 is 1.76 bits per heavy atom. The highest BCUT2D eigenvalue weighted by molar-refractivity contribution is 6.11. The van der Waals surface area contributed by atoms with Gasteiger partial charge in [0, 0.05) is 11.6 Å². The van der Waals surface area contributed by atoms with Crippen molar-refractivity contribution in [2.24, 2.45) is 0 Å². The van der Waals surface area contributed by atoms with Gasteiger partial charge in [-0.3, -0.25) is 9.69 Å². The smallest absolute Gasteiger partial charge is 0.196 e. The molecule has 1 unspecified atom stereocenters. The summed E-state index contributed by atoms with van der Waals surface area (Å²) in [5, 5.41) is 0. The second-order valence-electron chi connectivity index (χ2n) is 6.05. The average Bonchev–Trinajstić information content (AvgIpc) is 2.63. The Labute approximate surface area is 149 Å². The number of ether oxygens (including phenoxy) is 1. The Kier molecular flexibility index (Phi) is 6.42. The molecule has 0 amide bonds. The molecule has 0 aliphatic heterocycles. The molecule has 0 aliphatic rings. The number of anilines is 2. The third-order valence-corrected chi connectivity index (χ3v) is 4.40. The largest absolute Gasteiger partial charge is 0.491 e. The third-order valence-electron chi connectivity index (χ3n) is 4.40. The molecule has 2 aromatic carbocycles. The maximum Gasteiger partial charge on any atom is 0.196 e. The normalized spacial score (nSPS) is 12.2. The highest BCUT2D eigenvalue weighted by Gasteiger charge is 2.17. The molecule has 0 saturated heterocycles. The lowest BCUT2D eigenvalue weighted by Crippen LogP contribution is -2.37. The van der Waals surface area contributed by atoms with E-state index in [4.69, 9.17) is 16.2 Å². The van der Waals surface area contributed by atoms with Gasteiger partial charge in [-0.15, -0.1) is 0 Å². The van der Waals surface area contributed by atoms with E-state index < -0.39 is 0 Å². The zero-order chi connectivity index (χ0) is 18.4. The van der Waals surface area contributed by atoms with Crippen molar-refractivity contribution < 1.29 is 9.53 Å². The van der Waals surface area contributed by atoms with E-state index in [0.717, 1.165) is 13.1 Å². The van der Waals surface area contributed by atoms with Crippen molar-refractivity contribution in [2.75, 3.05) is 31.2 Å². The zero-order valence-electron chi connectivity index (χ0n) is 15.2. The van der Waals surface area contributed by atoms with Crippen molar-refractivity contribution >= 4 is 17.2 Å². The Hall–Kier alpha value is -2.53. The minimum Gasteiger partial charge on any atom is -0.491 e. The van der Waals surface area contributed by atoms with E-state index in [9.17, 15) is 4.79 Å². The number of rotatable bonds is 8. The Bertz CT molecular complexity index is 727. The molecule has 134 valence electrons. The summed E-state index contributed by atoms with van der Waals surface area (Å²) in [4.78, 5) is 15.1. The number of nitrogens with zero attached hydrogens (tertiary/aromatic N) is 1. The topological polar surface area (TPSA) is 81.6 Å². The van der Waals surface area contributed by atoms with Gasteiger partial charge in [0.2, 0.25) is 0 Å². The molecule has 0 spiro atoms. The van der Waals surface area contributed by atoms with Gasteiger partial charge in [0.25, 0.3) is 0 Å². The minimum absolute atomic E-state index is 0.127. The molecule has 0 saturated carbocycles. The first-order valence-corrected chi connectivity index (χ1v) is 8.63. The van der Waals surface area contributed by atoms with E-state index >= 15 is 0 Å². The predicted octanol–water partition coefficient (Wildman–Crippen LogP) is 3.19. The number of likely N-dealkylation sites (N-methyl/N-ethyl adjacent to an activating group) is 1. The molecule has 2 aromatic rings. The van der Waals surface area contributed by atoms with Crippen molar-refractivity contribution in [3.63, 3.8) is 0 Å². The van der Waals surface area contributed by atoms with Crippen LogP contribution in [-0.4, -0.2) is 36.4 Å². The van der Waals surface area contributed by atoms with Crippen LogP contribution in [0.5, 0.6) is 5.75 Å². The first kappa shape index (κ1) is 18.8. The van der Waals surface area contributed by atoms with Crippen LogP contribution >= 0.6 is 0 Å². The molecule has 0 radical (unpaired) electrons. The van der Waals surface area contributed by atoms with Crippen molar-refractivity contribution in [3.8, 4) is 5.75 Å². The Balaban J connectivity index is 2.19. The molecular formula is C20H27N3O2. The van der Waals surface area contributed by atoms with Crippen molar-refractivity contribution in [3.05, 3.63) is 53.6 Å². The van der Waals surface area contributed by atoms with Crippen molar-refractivity contribution in [1.82, 2.24) is 4.90 Å².